The van der Waals surface area contributed by atoms with Crippen molar-refractivity contribution < 1.29 is 19.1 Å². The van der Waals surface area contributed by atoms with E-state index in [0.29, 0.717) is 30.1 Å². The third kappa shape index (κ3) is 3.96. The summed E-state index contributed by atoms with van der Waals surface area (Å²) in [4.78, 5) is 37.3. The maximum Gasteiger partial charge on any atom is 0.278 e. The maximum absolute atomic E-state index is 12.4. The molecule has 1 atom stereocenters. The second-order valence-corrected chi connectivity index (χ2v) is 6.12. The molecule has 3 rings (SSSR count). The van der Waals surface area contributed by atoms with E-state index in [2.05, 4.69) is 15.8 Å². The van der Waals surface area contributed by atoms with E-state index in [9.17, 15) is 14.4 Å². The predicted molar refractivity (Wildman–Crippen MR) is 90.7 cm³/mol. The van der Waals surface area contributed by atoms with Crippen molar-refractivity contribution in [2.75, 3.05) is 25.5 Å². The fraction of sp³-hybridized carbons (Fsp3) is 0.412. The lowest BCUT2D eigenvalue weighted by Crippen LogP contribution is -2.38. The van der Waals surface area contributed by atoms with Gasteiger partial charge >= 0.3 is 0 Å². The summed E-state index contributed by atoms with van der Waals surface area (Å²) in [6.45, 7) is 0.616. The van der Waals surface area contributed by atoms with Crippen molar-refractivity contribution in [3.8, 4) is 0 Å². The van der Waals surface area contributed by atoms with Crippen molar-refractivity contribution >= 4 is 29.3 Å². The van der Waals surface area contributed by atoms with Crippen LogP contribution in [-0.4, -0.2) is 48.7 Å². The zero-order valence-corrected chi connectivity index (χ0v) is 13.9. The van der Waals surface area contributed by atoms with Crippen LogP contribution in [-0.2, 0) is 19.1 Å². The number of amides is 3. The van der Waals surface area contributed by atoms with Crippen molar-refractivity contribution in [3.05, 3.63) is 29.8 Å². The Labute approximate surface area is 145 Å². The van der Waals surface area contributed by atoms with E-state index in [0.717, 1.165) is 12.8 Å². The standard InChI is InChI=1S/C17H20N4O4/c1-21-9-3-2-4-13(17(21)24)15(23)18-12-7-5-11(6-8-12)16-20-19-14(22)10-25-16/h5-8,13H,2-4,9-10H2,1H3,(H,18,23)(H,19,22). The van der Waals surface area contributed by atoms with E-state index in [-0.39, 0.29) is 24.3 Å². The highest BCUT2D eigenvalue weighted by Crippen LogP contribution is 2.20. The number of hydrogen-bond acceptors (Lipinski definition) is 5. The Morgan fingerprint density at radius 1 is 1.28 bits per heavy atom. The Morgan fingerprint density at radius 3 is 2.72 bits per heavy atom. The van der Waals surface area contributed by atoms with E-state index < -0.39 is 5.92 Å². The van der Waals surface area contributed by atoms with E-state index in [1.54, 1.807) is 36.2 Å². The summed E-state index contributed by atoms with van der Waals surface area (Å²) < 4.78 is 5.23. The molecule has 132 valence electrons. The number of carbonyl (C=O) groups is 3. The van der Waals surface area contributed by atoms with Crippen molar-refractivity contribution in [1.29, 1.82) is 0 Å². The minimum absolute atomic E-state index is 0.0748. The SMILES string of the molecule is CN1CCCCC(C(=O)Nc2ccc(C3=NNC(=O)CO3)cc2)C1=O. The van der Waals surface area contributed by atoms with E-state index >= 15 is 0 Å². The third-order valence-corrected chi connectivity index (χ3v) is 4.25. The third-order valence-electron chi connectivity index (χ3n) is 4.25. The van der Waals surface area contributed by atoms with Crippen LogP contribution in [0.15, 0.2) is 29.4 Å². The Morgan fingerprint density at radius 2 is 2.04 bits per heavy atom. The van der Waals surface area contributed by atoms with Gasteiger partial charge in [0.2, 0.25) is 17.7 Å². The quantitative estimate of drug-likeness (QED) is 0.788. The highest BCUT2D eigenvalue weighted by molar-refractivity contribution is 6.06. The van der Waals surface area contributed by atoms with Crippen LogP contribution in [0, 0.1) is 5.92 Å². The summed E-state index contributed by atoms with van der Waals surface area (Å²) in [5.74, 6) is -1.05. The van der Waals surface area contributed by atoms with Gasteiger partial charge in [-0.1, -0.05) is 6.42 Å². The number of ether oxygens (including phenoxy) is 1. The highest BCUT2D eigenvalue weighted by atomic mass is 16.5. The van der Waals surface area contributed by atoms with Gasteiger partial charge in [-0.3, -0.25) is 14.4 Å². The molecule has 0 radical (unpaired) electrons. The lowest BCUT2D eigenvalue weighted by atomic mass is 10.0. The number of benzene rings is 1. The summed E-state index contributed by atoms with van der Waals surface area (Å²) in [5.41, 5.74) is 3.62. The largest absolute Gasteiger partial charge is 0.466 e. The predicted octanol–water partition coefficient (Wildman–Crippen LogP) is 0.692. The van der Waals surface area contributed by atoms with Crippen LogP contribution >= 0.6 is 0 Å². The van der Waals surface area contributed by atoms with Gasteiger partial charge in [-0.25, -0.2) is 5.43 Å². The minimum atomic E-state index is -0.645. The molecule has 1 saturated heterocycles. The Kier molecular flexibility index (Phi) is 4.97. The Hall–Kier alpha value is -2.90. The lowest BCUT2D eigenvalue weighted by molar-refractivity contribution is -0.138. The summed E-state index contributed by atoms with van der Waals surface area (Å²) in [5, 5.41) is 6.62. The molecule has 1 unspecified atom stereocenters. The van der Waals surface area contributed by atoms with Crippen molar-refractivity contribution in [2.45, 2.75) is 19.3 Å². The molecule has 1 aromatic rings. The summed E-state index contributed by atoms with van der Waals surface area (Å²) >= 11 is 0. The van der Waals surface area contributed by atoms with Gasteiger partial charge in [-0.05, 0) is 37.1 Å². The first kappa shape index (κ1) is 16.9. The highest BCUT2D eigenvalue weighted by Gasteiger charge is 2.30. The number of hydrogen-bond donors (Lipinski definition) is 2. The van der Waals surface area contributed by atoms with Gasteiger partial charge in [0, 0.05) is 24.8 Å². The van der Waals surface area contributed by atoms with Gasteiger partial charge in [0.15, 0.2) is 6.61 Å². The van der Waals surface area contributed by atoms with Gasteiger partial charge in [0.05, 0.1) is 0 Å². The molecule has 2 N–H and O–H groups in total. The van der Waals surface area contributed by atoms with Crippen molar-refractivity contribution in [3.63, 3.8) is 0 Å². The lowest BCUT2D eigenvalue weighted by Gasteiger charge is -2.19. The molecular weight excluding hydrogens is 324 g/mol. The smallest absolute Gasteiger partial charge is 0.278 e. The topological polar surface area (TPSA) is 100 Å². The van der Waals surface area contributed by atoms with E-state index in [4.69, 9.17) is 4.74 Å². The Bertz CT molecular complexity index is 714. The molecule has 25 heavy (non-hydrogen) atoms. The number of rotatable bonds is 3. The van der Waals surface area contributed by atoms with Crippen LogP contribution in [0.5, 0.6) is 0 Å². The van der Waals surface area contributed by atoms with Crippen LogP contribution in [0.3, 0.4) is 0 Å². The molecule has 1 aromatic carbocycles. The number of anilines is 1. The molecule has 1 fully saturated rings. The van der Waals surface area contributed by atoms with Crippen molar-refractivity contribution in [2.24, 2.45) is 11.0 Å². The normalized spacial score (nSPS) is 20.9. The number of hydrazone groups is 1. The summed E-state index contributed by atoms with van der Waals surface area (Å²) in [6, 6.07) is 6.88. The summed E-state index contributed by atoms with van der Waals surface area (Å²) in [6.07, 6.45) is 2.34. The van der Waals surface area contributed by atoms with Crippen LogP contribution in [0.1, 0.15) is 24.8 Å². The zero-order chi connectivity index (χ0) is 17.8. The maximum atomic E-state index is 12.4. The second-order valence-electron chi connectivity index (χ2n) is 6.12. The molecule has 8 heteroatoms. The molecule has 0 spiro atoms. The number of carbonyl (C=O) groups excluding carboxylic acids is 3. The molecule has 0 aromatic heterocycles. The Balaban J connectivity index is 1.65. The van der Waals surface area contributed by atoms with Crippen LogP contribution in [0.25, 0.3) is 0 Å². The van der Waals surface area contributed by atoms with E-state index in [1.807, 2.05) is 0 Å². The van der Waals surface area contributed by atoms with Crippen LogP contribution in [0.2, 0.25) is 0 Å². The van der Waals surface area contributed by atoms with Gasteiger partial charge < -0.3 is 15.0 Å². The minimum Gasteiger partial charge on any atom is -0.466 e. The average Bonchev–Trinajstić information content (AvgIpc) is 2.78. The fourth-order valence-corrected chi connectivity index (χ4v) is 2.83. The first-order valence-corrected chi connectivity index (χ1v) is 8.20. The molecular formula is C17H20N4O4. The molecule has 0 aliphatic carbocycles. The molecule has 3 amide bonds. The molecule has 8 nitrogen and oxygen atoms in total. The van der Waals surface area contributed by atoms with Gasteiger partial charge in [0.25, 0.3) is 5.91 Å². The first-order valence-electron chi connectivity index (χ1n) is 8.20. The average molecular weight is 344 g/mol. The monoisotopic (exact) mass is 344 g/mol. The molecule has 2 heterocycles. The fourth-order valence-electron chi connectivity index (χ4n) is 2.83. The van der Waals surface area contributed by atoms with Gasteiger partial charge in [-0.2, -0.15) is 0 Å². The zero-order valence-electron chi connectivity index (χ0n) is 13.9. The summed E-state index contributed by atoms with van der Waals surface area (Å²) in [7, 11) is 1.73. The number of nitrogens with one attached hydrogen (secondary N) is 2. The molecule has 2 aliphatic heterocycles. The molecule has 0 bridgehead atoms. The van der Waals surface area contributed by atoms with Crippen LogP contribution < -0.4 is 10.7 Å². The molecule has 2 aliphatic rings. The van der Waals surface area contributed by atoms with Crippen LogP contribution in [0.4, 0.5) is 5.69 Å². The van der Waals surface area contributed by atoms with Gasteiger partial charge in [0.1, 0.15) is 5.92 Å². The van der Waals surface area contributed by atoms with Crippen molar-refractivity contribution in [1.82, 2.24) is 10.3 Å². The van der Waals surface area contributed by atoms with Gasteiger partial charge in [-0.15, -0.1) is 5.10 Å². The first-order chi connectivity index (χ1) is 12.0. The second kappa shape index (κ2) is 7.33. The van der Waals surface area contributed by atoms with E-state index in [1.165, 1.54) is 0 Å². The molecule has 0 saturated carbocycles. The number of likely N-dealkylation sites (tertiary alicyclic amines) is 1. The number of nitrogens with zero attached hydrogens (tertiary/aromatic N) is 2.